The average Bonchev–Trinajstić information content (AvgIpc) is 2.58. The van der Waals surface area contributed by atoms with Crippen molar-refractivity contribution in [3.05, 3.63) is 29.8 Å². The van der Waals surface area contributed by atoms with Crippen LogP contribution in [0, 0.1) is 18.8 Å². The van der Waals surface area contributed by atoms with Gasteiger partial charge in [0, 0.05) is 18.8 Å². The summed E-state index contributed by atoms with van der Waals surface area (Å²) in [5, 5.41) is 0. The van der Waals surface area contributed by atoms with Gasteiger partial charge in [-0.1, -0.05) is 39.8 Å². The molecule has 0 aliphatic rings. The maximum Gasteiger partial charge on any atom is 0.307 e. The summed E-state index contributed by atoms with van der Waals surface area (Å²) in [6, 6.07) is 8.05. The Morgan fingerprint density at radius 1 is 0.923 bits per heavy atom. The summed E-state index contributed by atoms with van der Waals surface area (Å²) in [6.45, 7) is 12.0. The van der Waals surface area contributed by atoms with Crippen molar-refractivity contribution >= 4 is 17.6 Å². The first-order chi connectivity index (χ1) is 12.3. The molecule has 0 saturated carbocycles. The van der Waals surface area contributed by atoms with E-state index in [0.29, 0.717) is 51.0 Å². The second-order valence-electron chi connectivity index (χ2n) is 7.48. The van der Waals surface area contributed by atoms with Crippen molar-refractivity contribution in [1.82, 2.24) is 0 Å². The van der Waals surface area contributed by atoms with Crippen LogP contribution >= 0.6 is 0 Å². The molecule has 146 valence electrons. The standard InChI is InChI=1S/C21H33NO4/c1-16(2)14-25-20(23)9-11-22(19-8-6-7-18(5)13-19)12-10-21(24)26-15-17(3)4/h6-8,13,16-17H,9-12,14-15H2,1-5H3. The summed E-state index contributed by atoms with van der Waals surface area (Å²) in [6.07, 6.45) is 0.587. The van der Waals surface area contributed by atoms with E-state index in [2.05, 4.69) is 6.07 Å². The Balaban J connectivity index is 2.62. The summed E-state index contributed by atoms with van der Waals surface area (Å²) in [5.74, 6) is 0.225. The fourth-order valence-electron chi connectivity index (χ4n) is 2.31. The third-order valence-corrected chi connectivity index (χ3v) is 3.69. The van der Waals surface area contributed by atoms with Gasteiger partial charge in [0.1, 0.15) is 0 Å². The molecule has 0 N–H and O–H groups in total. The minimum absolute atomic E-state index is 0.210. The quantitative estimate of drug-likeness (QED) is 0.557. The Labute approximate surface area is 157 Å². The molecule has 0 fully saturated rings. The summed E-state index contributed by atoms with van der Waals surface area (Å²) < 4.78 is 10.5. The van der Waals surface area contributed by atoms with Crippen LogP contribution in [-0.4, -0.2) is 38.2 Å². The maximum atomic E-state index is 11.9. The molecule has 0 aliphatic carbocycles. The topological polar surface area (TPSA) is 55.8 Å². The summed E-state index contributed by atoms with van der Waals surface area (Å²) in [5.41, 5.74) is 2.13. The lowest BCUT2D eigenvalue weighted by Crippen LogP contribution is -2.30. The predicted octanol–water partition coefficient (Wildman–Crippen LogP) is 3.98. The maximum absolute atomic E-state index is 11.9. The Bertz CT molecular complexity index is 541. The molecule has 0 radical (unpaired) electrons. The lowest BCUT2D eigenvalue weighted by atomic mass is 10.2. The number of carbonyl (C=O) groups excluding carboxylic acids is 2. The van der Waals surface area contributed by atoms with E-state index in [4.69, 9.17) is 9.47 Å². The van der Waals surface area contributed by atoms with Gasteiger partial charge in [0.2, 0.25) is 0 Å². The molecule has 0 spiro atoms. The van der Waals surface area contributed by atoms with Crippen molar-refractivity contribution in [2.24, 2.45) is 11.8 Å². The van der Waals surface area contributed by atoms with Gasteiger partial charge in [0.05, 0.1) is 26.1 Å². The molecule has 0 atom stereocenters. The van der Waals surface area contributed by atoms with Gasteiger partial charge in [-0.15, -0.1) is 0 Å². The number of benzene rings is 1. The van der Waals surface area contributed by atoms with Crippen molar-refractivity contribution in [1.29, 1.82) is 0 Å². The molecule has 5 heteroatoms. The highest BCUT2D eigenvalue weighted by Gasteiger charge is 2.14. The van der Waals surface area contributed by atoms with Crippen LogP contribution in [0.25, 0.3) is 0 Å². The lowest BCUT2D eigenvalue weighted by Gasteiger charge is -2.24. The molecule has 5 nitrogen and oxygen atoms in total. The second kappa shape index (κ2) is 11.6. The molecule has 26 heavy (non-hydrogen) atoms. The number of hydrogen-bond acceptors (Lipinski definition) is 5. The highest BCUT2D eigenvalue weighted by atomic mass is 16.5. The Morgan fingerprint density at radius 2 is 1.42 bits per heavy atom. The smallest absolute Gasteiger partial charge is 0.307 e. The van der Waals surface area contributed by atoms with E-state index in [0.717, 1.165) is 11.3 Å². The number of carbonyl (C=O) groups is 2. The zero-order chi connectivity index (χ0) is 19.5. The van der Waals surface area contributed by atoms with Crippen LogP contribution in [0.15, 0.2) is 24.3 Å². The molecule has 0 bridgehead atoms. The van der Waals surface area contributed by atoms with Crippen LogP contribution in [0.5, 0.6) is 0 Å². The van der Waals surface area contributed by atoms with Gasteiger partial charge >= 0.3 is 11.9 Å². The second-order valence-corrected chi connectivity index (χ2v) is 7.48. The normalized spacial score (nSPS) is 10.9. The van der Waals surface area contributed by atoms with Crippen molar-refractivity contribution in [3.8, 4) is 0 Å². The van der Waals surface area contributed by atoms with Gasteiger partial charge in [-0.2, -0.15) is 0 Å². The van der Waals surface area contributed by atoms with Gasteiger partial charge in [-0.25, -0.2) is 0 Å². The third kappa shape index (κ3) is 9.44. The summed E-state index contributed by atoms with van der Waals surface area (Å²) in [4.78, 5) is 25.9. The van der Waals surface area contributed by atoms with Crippen LogP contribution in [0.2, 0.25) is 0 Å². The molecular formula is C21H33NO4. The number of rotatable bonds is 11. The highest BCUT2D eigenvalue weighted by molar-refractivity contribution is 5.71. The van der Waals surface area contributed by atoms with Gasteiger partial charge in [-0.3, -0.25) is 9.59 Å². The van der Waals surface area contributed by atoms with Crippen LogP contribution in [-0.2, 0) is 19.1 Å². The monoisotopic (exact) mass is 363 g/mol. The first-order valence-corrected chi connectivity index (χ1v) is 9.40. The lowest BCUT2D eigenvalue weighted by molar-refractivity contribution is -0.144. The molecule has 0 unspecified atom stereocenters. The largest absolute Gasteiger partial charge is 0.465 e. The number of ether oxygens (including phenoxy) is 2. The van der Waals surface area contributed by atoms with Crippen LogP contribution in [0.3, 0.4) is 0 Å². The molecule has 1 aromatic carbocycles. The van der Waals surface area contributed by atoms with Crippen LogP contribution in [0.4, 0.5) is 5.69 Å². The number of anilines is 1. The Hall–Kier alpha value is -2.04. The molecule has 0 aliphatic heterocycles. The Morgan fingerprint density at radius 3 is 1.85 bits per heavy atom. The first kappa shape index (κ1) is 22.0. The molecule has 0 saturated heterocycles. The van der Waals surface area contributed by atoms with E-state index in [9.17, 15) is 9.59 Å². The molecule has 1 rings (SSSR count). The van der Waals surface area contributed by atoms with Crippen LogP contribution in [0.1, 0.15) is 46.1 Å². The van der Waals surface area contributed by atoms with Crippen LogP contribution < -0.4 is 4.90 Å². The van der Waals surface area contributed by atoms with E-state index in [1.807, 2.05) is 57.7 Å². The number of nitrogens with zero attached hydrogens (tertiary/aromatic N) is 1. The molecular weight excluding hydrogens is 330 g/mol. The van der Waals surface area contributed by atoms with E-state index in [1.165, 1.54) is 0 Å². The van der Waals surface area contributed by atoms with Crippen molar-refractivity contribution in [2.75, 3.05) is 31.2 Å². The SMILES string of the molecule is Cc1cccc(N(CCC(=O)OCC(C)C)CCC(=O)OCC(C)C)c1. The molecule has 0 heterocycles. The molecule has 1 aromatic rings. The van der Waals surface area contributed by atoms with E-state index in [-0.39, 0.29) is 11.9 Å². The van der Waals surface area contributed by atoms with Crippen molar-refractivity contribution in [3.63, 3.8) is 0 Å². The average molecular weight is 363 g/mol. The zero-order valence-corrected chi connectivity index (χ0v) is 16.8. The molecule has 0 amide bonds. The van der Waals surface area contributed by atoms with Gasteiger partial charge in [0.25, 0.3) is 0 Å². The van der Waals surface area contributed by atoms with Gasteiger partial charge in [0.15, 0.2) is 0 Å². The fraction of sp³-hybridized carbons (Fsp3) is 0.619. The van der Waals surface area contributed by atoms with Crippen molar-refractivity contribution < 1.29 is 19.1 Å². The predicted molar refractivity (Wildman–Crippen MR) is 104 cm³/mol. The minimum atomic E-state index is -0.210. The summed E-state index contributed by atoms with van der Waals surface area (Å²) in [7, 11) is 0. The Kier molecular flexibility index (Phi) is 9.78. The highest BCUT2D eigenvalue weighted by Crippen LogP contribution is 2.17. The molecule has 0 aromatic heterocycles. The van der Waals surface area contributed by atoms with Crippen molar-refractivity contribution in [2.45, 2.75) is 47.5 Å². The number of aryl methyl sites for hydroxylation is 1. The number of esters is 2. The third-order valence-electron chi connectivity index (χ3n) is 3.69. The minimum Gasteiger partial charge on any atom is -0.465 e. The summed E-state index contributed by atoms with van der Waals surface area (Å²) >= 11 is 0. The fourth-order valence-corrected chi connectivity index (χ4v) is 2.31. The number of hydrogen-bond donors (Lipinski definition) is 0. The van der Waals surface area contributed by atoms with E-state index in [1.54, 1.807) is 0 Å². The van der Waals surface area contributed by atoms with E-state index < -0.39 is 0 Å². The first-order valence-electron chi connectivity index (χ1n) is 9.40. The van der Waals surface area contributed by atoms with E-state index >= 15 is 0 Å². The van der Waals surface area contributed by atoms with Gasteiger partial charge in [-0.05, 0) is 36.5 Å². The zero-order valence-electron chi connectivity index (χ0n) is 16.8. The van der Waals surface area contributed by atoms with Gasteiger partial charge < -0.3 is 14.4 Å².